The number of halogens is 1. The van der Waals surface area contributed by atoms with E-state index in [1.807, 2.05) is 42.6 Å². The molecule has 2 aromatic carbocycles. The number of anilines is 1. The van der Waals surface area contributed by atoms with Gasteiger partial charge in [-0.25, -0.2) is 4.39 Å². The summed E-state index contributed by atoms with van der Waals surface area (Å²) in [5.41, 5.74) is 8.63. The number of fused-ring (bicyclic) bond motifs is 1. The van der Waals surface area contributed by atoms with Crippen molar-refractivity contribution in [2.45, 2.75) is 6.54 Å². The molecule has 0 unspecified atom stereocenters. The molecule has 2 N–H and O–H groups in total. The van der Waals surface area contributed by atoms with Crippen LogP contribution in [0.2, 0.25) is 0 Å². The van der Waals surface area contributed by atoms with Crippen LogP contribution in [0.5, 0.6) is 0 Å². The number of hydrogen-bond donors (Lipinski definition) is 1. The zero-order chi connectivity index (χ0) is 12.5. The molecule has 3 aromatic rings. The molecule has 0 bridgehead atoms. The van der Waals surface area contributed by atoms with E-state index < -0.39 is 0 Å². The summed E-state index contributed by atoms with van der Waals surface area (Å²) in [5.74, 6) is -0.201. The Morgan fingerprint density at radius 1 is 1.00 bits per heavy atom. The van der Waals surface area contributed by atoms with Crippen molar-refractivity contribution in [2.24, 2.45) is 0 Å². The average molecular weight is 240 g/mol. The molecule has 18 heavy (non-hydrogen) atoms. The van der Waals surface area contributed by atoms with Crippen LogP contribution in [0, 0.1) is 5.82 Å². The highest BCUT2D eigenvalue weighted by molar-refractivity contribution is 5.80. The Morgan fingerprint density at radius 3 is 2.56 bits per heavy atom. The Hall–Kier alpha value is -2.29. The van der Waals surface area contributed by atoms with E-state index >= 15 is 0 Å². The van der Waals surface area contributed by atoms with Gasteiger partial charge in [0.05, 0.1) is 0 Å². The summed E-state index contributed by atoms with van der Waals surface area (Å²) in [5, 5.41) is 0.922. The third kappa shape index (κ3) is 1.95. The van der Waals surface area contributed by atoms with Crippen LogP contribution in [0.15, 0.2) is 54.7 Å². The molecule has 0 atom stereocenters. The number of benzene rings is 2. The van der Waals surface area contributed by atoms with Gasteiger partial charge in [0.15, 0.2) is 0 Å². The Morgan fingerprint density at radius 2 is 1.78 bits per heavy atom. The van der Waals surface area contributed by atoms with Gasteiger partial charge >= 0.3 is 0 Å². The molecule has 1 aromatic heterocycles. The van der Waals surface area contributed by atoms with Gasteiger partial charge in [0, 0.05) is 29.3 Å². The lowest BCUT2D eigenvalue weighted by Gasteiger charge is -2.06. The summed E-state index contributed by atoms with van der Waals surface area (Å²) in [6, 6.07) is 14.6. The topological polar surface area (TPSA) is 30.9 Å². The van der Waals surface area contributed by atoms with E-state index in [2.05, 4.69) is 4.57 Å². The predicted molar refractivity (Wildman–Crippen MR) is 71.9 cm³/mol. The average Bonchev–Trinajstić information content (AvgIpc) is 2.74. The monoisotopic (exact) mass is 240 g/mol. The molecule has 0 saturated carbocycles. The van der Waals surface area contributed by atoms with Crippen molar-refractivity contribution in [3.8, 4) is 0 Å². The molecular weight excluding hydrogens is 227 g/mol. The Bertz CT molecular complexity index is 683. The molecular formula is C15H13FN2. The first-order chi connectivity index (χ1) is 8.72. The lowest BCUT2D eigenvalue weighted by molar-refractivity contribution is 0.629. The Balaban J connectivity index is 1.97. The van der Waals surface area contributed by atoms with Crippen molar-refractivity contribution in [3.63, 3.8) is 0 Å². The first kappa shape index (κ1) is 10.8. The van der Waals surface area contributed by atoms with Crippen molar-refractivity contribution in [2.75, 3.05) is 5.73 Å². The molecule has 0 aliphatic heterocycles. The summed E-state index contributed by atoms with van der Waals surface area (Å²) in [6.45, 7) is 0.759. The fourth-order valence-corrected chi connectivity index (χ4v) is 2.13. The minimum Gasteiger partial charge on any atom is -0.399 e. The largest absolute Gasteiger partial charge is 0.399 e. The first-order valence-corrected chi connectivity index (χ1v) is 5.81. The molecule has 0 amide bonds. The van der Waals surface area contributed by atoms with E-state index in [9.17, 15) is 4.39 Å². The fourth-order valence-electron chi connectivity index (χ4n) is 2.13. The third-order valence-electron chi connectivity index (χ3n) is 3.07. The number of aromatic nitrogens is 1. The van der Waals surface area contributed by atoms with Crippen molar-refractivity contribution in [3.05, 3.63) is 66.1 Å². The second-order valence-corrected chi connectivity index (χ2v) is 4.39. The van der Waals surface area contributed by atoms with E-state index in [1.54, 1.807) is 6.07 Å². The maximum atomic E-state index is 13.1. The van der Waals surface area contributed by atoms with Crippen LogP contribution in [-0.2, 0) is 6.54 Å². The van der Waals surface area contributed by atoms with Gasteiger partial charge in [-0.15, -0.1) is 0 Å². The summed E-state index contributed by atoms with van der Waals surface area (Å²) in [7, 11) is 0. The number of nitrogen functional groups attached to an aromatic ring is 1. The van der Waals surface area contributed by atoms with Crippen molar-refractivity contribution in [1.29, 1.82) is 0 Å². The molecule has 0 saturated heterocycles. The second-order valence-electron chi connectivity index (χ2n) is 4.39. The molecule has 0 radical (unpaired) electrons. The Kier molecular flexibility index (Phi) is 2.52. The van der Waals surface area contributed by atoms with Gasteiger partial charge < -0.3 is 10.3 Å². The number of rotatable bonds is 2. The van der Waals surface area contributed by atoms with E-state index in [0.29, 0.717) is 0 Å². The zero-order valence-corrected chi connectivity index (χ0v) is 9.81. The molecule has 0 spiro atoms. The molecule has 3 rings (SSSR count). The summed E-state index contributed by atoms with van der Waals surface area (Å²) < 4.78 is 15.2. The van der Waals surface area contributed by atoms with Crippen LogP contribution in [0.4, 0.5) is 10.1 Å². The number of nitrogens with two attached hydrogens (primary N) is 1. The van der Waals surface area contributed by atoms with Crippen LogP contribution >= 0.6 is 0 Å². The number of nitrogens with zero attached hydrogens (tertiary/aromatic N) is 1. The van der Waals surface area contributed by atoms with E-state index in [1.165, 1.54) is 11.6 Å². The van der Waals surface area contributed by atoms with Gasteiger partial charge in [0.2, 0.25) is 0 Å². The molecule has 2 nitrogen and oxygen atoms in total. The van der Waals surface area contributed by atoms with Gasteiger partial charge in [-0.2, -0.15) is 0 Å². The molecule has 0 fully saturated rings. The minimum absolute atomic E-state index is 0.201. The Labute approximate surface area is 104 Å². The standard InChI is InChI=1S/C15H13FN2/c16-13-3-6-15-12(9-13)7-8-18(15)10-11-1-4-14(17)5-2-11/h1-9H,10,17H2. The maximum Gasteiger partial charge on any atom is 0.123 e. The highest BCUT2D eigenvalue weighted by Crippen LogP contribution is 2.18. The molecule has 1 heterocycles. The molecule has 90 valence electrons. The SMILES string of the molecule is Nc1ccc(Cn2ccc3cc(F)ccc32)cc1. The van der Waals surface area contributed by atoms with Crippen molar-refractivity contribution >= 4 is 16.6 Å². The number of hydrogen-bond acceptors (Lipinski definition) is 1. The highest BCUT2D eigenvalue weighted by Gasteiger charge is 2.02. The quantitative estimate of drug-likeness (QED) is 0.684. The van der Waals surface area contributed by atoms with Gasteiger partial charge in [0.1, 0.15) is 5.82 Å². The van der Waals surface area contributed by atoms with E-state index in [0.717, 1.165) is 23.1 Å². The van der Waals surface area contributed by atoms with Crippen LogP contribution in [0.3, 0.4) is 0 Å². The first-order valence-electron chi connectivity index (χ1n) is 5.81. The summed E-state index contributed by atoms with van der Waals surface area (Å²) in [6.07, 6.45) is 1.97. The molecule has 0 aliphatic rings. The molecule has 0 aliphatic carbocycles. The van der Waals surface area contributed by atoms with Crippen LogP contribution in [0.25, 0.3) is 10.9 Å². The zero-order valence-electron chi connectivity index (χ0n) is 9.81. The van der Waals surface area contributed by atoms with Crippen LogP contribution in [0.1, 0.15) is 5.56 Å². The maximum absolute atomic E-state index is 13.1. The molecule has 3 heteroatoms. The van der Waals surface area contributed by atoms with Crippen LogP contribution in [-0.4, -0.2) is 4.57 Å². The highest BCUT2D eigenvalue weighted by atomic mass is 19.1. The van der Waals surface area contributed by atoms with E-state index in [4.69, 9.17) is 5.73 Å². The van der Waals surface area contributed by atoms with Gasteiger partial charge in [-0.3, -0.25) is 0 Å². The van der Waals surface area contributed by atoms with Gasteiger partial charge in [-0.05, 0) is 42.0 Å². The minimum atomic E-state index is -0.201. The van der Waals surface area contributed by atoms with Crippen LogP contribution < -0.4 is 5.73 Å². The normalized spacial score (nSPS) is 10.9. The van der Waals surface area contributed by atoms with Crippen molar-refractivity contribution < 1.29 is 4.39 Å². The van der Waals surface area contributed by atoms with Gasteiger partial charge in [0.25, 0.3) is 0 Å². The summed E-state index contributed by atoms with van der Waals surface area (Å²) >= 11 is 0. The fraction of sp³-hybridized carbons (Fsp3) is 0.0667. The van der Waals surface area contributed by atoms with Gasteiger partial charge in [-0.1, -0.05) is 12.1 Å². The lowest BCUT2D eigenvalue weighted by atomic mass is 10.2. The summed E-state index contributed by atoms with van der Waals surface area (Å²) in [4.78, 5) is 0. The van der Waals surface area contributed by atoms with E-state index in [-0.39, 0.29) is 5.82 Å². The lowest BCUT2D eigenvalue weighted by Crippen LogP contribution is -1.98. The third-order valence-corrected chi connectivity index (χ3v) is 3.07. The smallest absolute Gasteiger partial charge is 0.123 e. The second kappa shape index (κ2) is 4.18. The van der Waals surface area contributed by atoms with Crippen molar-refractivity contribution in [1.82, 2.24) is 4.57 Å². The predicted octanol–water partition coefficient (Wildman–Crippen LogP) is 3.41.